The largest absolute Gasteiger partial charge is 0.376 e. The van der Waals surface area contributed by atoms with Gasteiger partial charge in [-0.05, 0) is 50.3 Å². The van der Waals surface area contributed by atoms with Crippen molar-refractivity contribution in [3.63, 3.8) is 0 Å². The van der Waals surface area contributed by atoms with Crippen LogP contribution in [0, 0.1) is 12.3 Å². The average Bonchev–Trinajstić information content (AvgIpc) is 3.30. The average molecular weight is 436 g/mol. The topological polar surface area (TPSA) is 101 Å². The van der Waals surface area contributed by atoms with Crippen LogP contribution in [0.15, 0.2) is 29.2 Å². The van der Waals surface area contributed by atoms with Crippen LogP contribution in [0.4, 0.5) is 0 Å². The Kier molecular flexibility index (Phi) is 5.55. The van der Waals surface area contributed by atoms with Gasteiger partial charge in [0.25, 0.3) is 11.5 Å². The molecular weight excluding hydrogens is 406 g/mol. The molecule has 2 aliphatic rings. The molecule has 5 rings (SSSR count). The lowest BCUT2D eigenvalue weighted by Crippen LogP contribution is -2.41. The highest BCUT2D eigenvalue weighted by molar-refractivity contribution is 5.97. The van der Waals surface area contributed by atoms with Crippen LogP contribution in [0.25, 0.3) is 16.7 Å². The van der Waals surface area contributed by atoms with Crippen LogP contribution in [0.5, 0.6) is 0 Å². The molecule has 1 aliphatic carbocycles. The summed E-state index contributed by atoms with van der Waals surface area (Å²) in [5, 5.41) is 12.3. The Morgan fingerprint density at radius 2 is 2.03 bits per heavy atom. The van der Waals surface area contributed by atoms with Gasteiger partial charge < -0.3 is 14.6 Å². The molecule has 1 saturated heterocycles. The Balaban J connectivity index is 1.67. The van der Waals surface area contributed by atoms with Crippen molar-refractivity contribution in [2.75, 3.05) is 6.61 Å². The summed E-state index contributed by atoms with van der Waals surface area (Å²) in [6.45, 7) is 3.01. The first-order valence-corrected chi connectivity index (χ1v) is 11.5. The van der Waals surface area contributed by atoms with Crippen LogP contribution in [0.1, 0.15) is 60.9 Å². The van der Waals surface area contributed by atoms with Crippen LogP contribution >= 0.6 is 0 Å². The molecule has 3 aromatic heterocycles. The van der Waals surface area contributed by atoms with Gasteiger partial charge in [-0.25, -0.2) is 4.98 Å². The first-order chi connectivity index (χ1) is 15.5. The number of carbonyl (C=O) groups excluding carboxylic acids is 1. The monoisotopic (exact) mass is 435 g/mol. The lowest BCUT2D eigenvalue weighted by molar-refractivity contribution is 0.0913. The molecule has 32 heavy (non-hydrogen) atoms. The number of hydrogen-bond donors (Lipinski definition) is 2. The molecule has 0 bridgehead atoms. The predicted molar refractivity (Wildman–Crippen MR) is 121 cm³/mol. The Bertz CT molecular complexity index is 1300. The van der Waals surface area contributed by atoms with Crippen molar-refractivity contribution in [3.8, 4) is 0 Å². The molecule has 1 atom stereocenters. The molecule has 0 spiro atoms. The van der Waals surface area contributed by atoms with Crippen molar-refractivity contribution in [3.05, 3.63) is 51.4 Å². The van der Waals surface area contributed by atoms with Crippen LogP contribution in [-0.4, -0.2) is 38.6 Å². The lowest BCUT2D eigenvalue weighted by atomic mass is 9.95. The molecule has 4 heterocycles. The highest BCUT2D eigenvalue weighted by atomic mass is 16.5. The van der Waals surface area contributed by atoms with Crippen LogP contribution in [-0.2, 0) is 11.3 Å². The third kappa shape index (κ3) is 3.83. The molecule has 1 saturated carbocycles. The van der Waals surface area contributed by atoms with E-state index in [-0.39, 0.29) is 34.7 Å². The molecule has 0 unspecified atom stereocenters. The molecule has 0 aromatic carbocycles. The minimum Gasteiger partial charge on any atom is -0.376 e. The zero-order chi connectivity index (χ0) is 22.2. The fraction of sp³-hybridized carbons (Fsp3) is 0.500. The quantitative estimate of drug-likeness (QED) is 0.615. The maximum absolute atomic E-state index is 13.4. The number of hydrogen-bond acceptors (Lipinski definition) is 5. The van der Waals surface area contributed by atoms with Gasteiger partial charge in [0.1, 0.15) is 16.8 Å². The van der Waals surface area contributed by atoms with Crippen molar-refractivity contribution in [1.29, 1.82) is 5.41 Å². The number of aromatic nitrogens is 3. The van der Waals surface area contributed by atoms with Crippen molar-refractivity contribution in [2.45, 2.75) is 70.6 Å². The summed E-state index contributed by atoms with van der Waals surface area (Å²) < 4.78 is 9.00. The van der Waals surface area contributed by atoms with Crippen LogP contribution < -0.4 is 16.4 Å². The van der Waals surface area contributed by atoms with E-state index in [0.29, 0.717) is 29.8 Å². The number of carbonyl (C=O) groups is 1. The summed E-state index contributed by atoms with van der Waals surface area (Å²) in [7, 11) is 0. The second kappa shape index (κ2) is 8.50. The number of aryl methyl sites for hydroxylation is 1. The number of nitrogens with one attached hydrogen (secondary N) is 2. The van der Waals surface area contributed by atoms with Crippen molar-refractivity contribution >= 4 is 22.6 Å². The van der Waals surface area contributed by atoms with E-state index in [1.807, 2.05) is 13.0 Å². The van der Waals surface area contributed by atoms with Gasteiger partial charge in [0.15, 0.2) is 0 Å². The van der Waals surface area contributed by atoms with Gasteiger partial charge in [-0.1, -0.05) is 25.3 Å². The maximum Gasteiger partial charge on any atom is 0.267 e. The van der Waals surface area contributed by atoms with Crippen LogP contribution in [0.2, 0.25) is 0 Å². The SMILES string of the molecule is Cc1ccc2nc3c(cc(C(=O)NC4CCCCC4)c(=N)n3C[C@@H]3CCCO3)c(=O)n2c1. The summed E-state index contributed by atoms with van der Waals surface area (Å²) in [5.74, 6) is -0.293. The Hall–Kier alpha value is -3.00. The van der Waals surface area contributed by atoms with Crippen LogP contribution in [0.3, 0.4) is 0 Å². The molecule has 3 aromatic rings. The summed E-state index contributed by atoms with van der Waals surface area (Å²) in [4.78, 5) is 31.3. The molecule has 8 nitrogen and oxygen atoms in total. The van der Waals surface area contributed by atoms with Gasteiger partial charge in [-0.15, -0.1) is 0 Å². The summed E-state index contributed by atoms with van der Waals surface area (Å²) in [6.07, 6.45) is 8.87. The van der Waals surface area contributed by atoms with Crippen molar-refractivity contribution < 1.29 is 9.53 Å². The van der Waals surface area contributed by atoms with Gasteiger partial charge in [0, 0.05) is 18.8 Å². The van der Waals surface area contributed by atoms with E-state index in [1.165, 1.54) is 10.8 Å². The van der Waals surface area contributed by atoms with E-state index in [9.17, 15) is 9.59 Å². The van der Waals surface area contributed by atoms with Crippen molar-refractivity contribution in [2.24, 2.45) is 0 Å². The van der Waals surface area contributed by atoms with E-state index in [1.54, 1.807) is 22.9 Å². The molecule has 1 aliphatic heterocycles. The third-order valence-electron chi connectivity index (χ3n) is 6.65. The van der Waals surface area contributed by atoms with E-state index in [0.717, 1.165) is 44.1 Å². The van der Waals surface area contributed by atoms with Gasteiger partial charge in [-0.2, -0.15) is 0 Å². The Labute approximate surface area is 185 Å². The second-order valence-electron chi connectivity index (χ2n) is 9.05. The molecule has 8 heteroatoms. The Morgan fingerprint density at radius 3 is 2.78 bits per heavy atom. The zero-order valence-electron chi connectivity index (χ0n) is 18.4. The number of nitrogens with zero attached hydrogens (tertiary/aromatic N) is 3. The molecule has 2 fully saturated rings. The van der Waals surface area contributed by atoms with Gasteiger partial charge in [0.05, 0.1) is 23.6 Å². The minimum atomic E-state index is -0.293. The van der Waals surface area contributed by atoms with E-state index in [4.69, 9.17) is 15.1 Å². The molecule has 168 valence electrons. The highest BCUT2D eigenvalue weighted by Gasteiger charge is 2.23. The number of fused-ring (bicyclic) bond motifs is 2. The summed E-state index contributed by atoms with van der Waals surface area (Å²) in [5.41, 5.74) is 1.95. The molecular formula is C24H29N5O3. The number of rotatable bonds is 4. The maximum atomic E-state index is 13.4. The Morgan fingerprint density at radius 1 is 1.22 bits per heavy atom. The first-order valence-electron chi connectivity index (χ1n) is 11.5. The highest BCUT2D eigenvalue weighted by Crippen LogP contribution is 2.19. The smallest absolute Gasteiger partial charge is 0.267 e. The van der Waals surface area contributed by atoms with Crippen molar-refractivity contribution in [1.82, 2.24) is 19.3 Å². The minimum absolute atomic E-state index is 0.0535. The first kappa shape index (κ1) is 20.9. The second-order valence-corrected chi connectivity index (χ2v) is 9.05. The van der Waals surface area contributed by atoms with E-state index in [2.05, 4.69) is 5.32 Å². The van der Waals surface area contributed by atoms with Gasteiger partial charge in [0.2, 0.25) is 0 Å². The number of ether oxygens (including phenoxy) is 1. The number of pyridine rings is 2. The molecule has 2 N–H and O–H groups in total. The lowest BCUT2D eigenvalue weighted by Gasteiger charge is -2.23. The predicted octanol–water partition coefficient (Wildman–Crippen LogP) is 2.68. The van der Waals surface area contributed by atoms with E-state index < -0.39 is 0 Å². The van der Waals surface area contributed by atoms with Gasteiger partial charge in [-0.3, -0.25) is 19.4 Å². The van der Waals surface area contributed by atoms with E-state index >= 15 is 0 Å². The fourth-order valence-corrected chi connectivity index (χ4v) is 4.90. The zero-order valence-corrected chi connectivity index (χ0v) is 18.4. The normalized spacial score (nSPS) is 19.6. The third-order valence-corrected chi connectivity index (χ3v) is 6.65. The molecule has 0 radical (unpaired) electrons. The fourth-order valence-electron chi connectivity index (χ4n) is 4.90. The standard InChI is InChI=1S/C24H29N5O3/c1-15-9-10-20-27-22-19(24(31)28(20)13-15)12-18(23(30)26-16-6-3-2-4-7-16)21(25)29(22)14-17-8-5-11-32-17/h9-10,12-13,16-17,25H,2-8,11,14H2,1H3,(H,26,30)/t17-/m0/s1. The number of amides is 1. The summed E-state index contributed by atoms with van der Waals surface area (Å²) in [6, 6.07) is 5.38. The summed E-state index contributed by atoms with van der Waals surface area (Å²) >= 11 is 0. The van der Waals surface area contributed by atoms with Gasteiger partial charge >= 0.3 is 0 Å². The molecule has 1 amide bonds.